The van der Waals surface area contributed by atoms with Gasteiger partial charge in [-0.3, -0.25) is 9.69 Å². The van der Waals surface area contributed by atoms with Crippen molar-refractivity contribution >= 4 is 5.91 Å². The Kier molecular flexibility index (Phi) is 4.23. The molecule has 1 fully saturated rings. The lowest BCUT2D eigenvalue weighted by Crippen LogP contribution is -2.58. The molecule has 3 nitrogen and oxygen atoms in total. The molecule has 2 heterocycles. The normalized spacial score (nSPS) is 20.7. The van der Waals surface area contributed by atoms with Crippen molar-refractivity contribution in [1.82, 2.24) is 9.80 Å². The Morgan fingerprint density at radius 3 is 2.50 bits per heavy atom. The van der Waals surface area contributed by atoms with Crippen LogP contribution in [0.4, 0.5) is 13.2 Å². The first-order chi connectivity index (χ1) is 12.4. The first-order valence-corrected chi connectivity index (χ1v) is 8.70. The lowest BCUT2D eigenvalue weighted by Gasteiger charge is -2.44. The molecule has 1 atom stereocenters. The molecule has 2 aliphatic heterocycles. The van der Waals surface area contributed by atoms with E-state index < -0.39 is 11.7 Å². The fourth-order valence-electron chi connectivity index (χ4n) is 4.01. The summed E-state index contributed by atoms with van der Waals surface area (Å²) in [5.74, 6) is -0.276. The minimum absolute atomic E-state index is 0.146. The number of rotatable bonds is 2. The zero-order valence-electron chi connectivity index (χ0n) is 14.2. The number of hydrogen-bond donors (Lipinski definition) is 0. The number of piperazine rings is 1. The van der Waals surface area contributed by atoms with Crippen LogP contribution >= 0.6 is 0 Å². The van der Waals surface area contributed by atoms with Gasteiger partial charge in [0, 0.05) is 37.8 Å². The summed E-state index contributed by atoms with van der Waals surface area (Å²) in [5.41, 5.74) is 0.836. The molecule has 2 aromatic rings. The highest BCUT2D eigenvalue weighted by Crippen LogP contribution is 2.37. The van der Waals surface area contributed by atoms with Gasteiger partial charge in [0.05, 0.1) is 5.56 Å². The predicted octanol–water partition coefficient (Wildman–Crippen LogP) is 3.59. The van der Waals surface area contributed by atoms with Crippen LogP contribution in [-0.4, -0.2) is 41.4 Å². The van der Waals surface area contributed by atoms with Gasteiger partial charge in [0.1, 0.15) is 0 Å². The molecule has 2 aromatic carbocycles. The first-order valence-electron chi connectivity index (χ1n) is 8.70. The molecular formula is C20H19F3N2O. The van der Waals surface area contributed by atoms with Gasteiger partial charge in [0.2, 0.25) is 0 Å². The van der Waals surface area contributed by atoms with E-state index in [0.717, 1.165) is 19.2 Å². The van der Waals surface area contributed by atoms with Crippen LogP contribution in [0, 0.1) is 0 Å². The molecule has 0 aliphatic carbocycles. The highest BCUT2D eigenvalue weighted by atomic mass is 19.4. The third-order valence-electron chi connectivity index (χ3n) is 5.23. The lowest BCUT2D eigenvalue weighted by molar-refractivity contribution is -0.138. The summed E-state index contributed by atoms with van der Waals surface area (Å²) in [5, 5.41) is 0. The average molecular weight is 360 g/mol. The third-order valence-corrected chi connectivity index (χ3v) is 5.23. The molecule has 1 saturated heterocycles. The van der Waals surface area contributed by atoms with Gasteiger partial charge in [-0.05, 0) is 29.7 Å². The zero-order valence-corrected chi connectivity index (χ0v) is 14.2. The van der Waals surface area contributed by atoms with E-state index in [4.69, 9.17) is 0 Å². The summed E-state index contributed by atoms with van der Waals surface area (Å²) in [6.07, 6.45) is -4.19. The second-order valence-corrected chi connectivity index (χ2v) is 6.91. The maximum absolute atomic E-state index is 13.4. The van der Waals surface area contributed by atoms with Gasteiger partial charge in [0.15, 0.2) is 0 Å². The van der Waals surface area contributed by atoms with Crippen LogP contribution in [0.15, 0.2) is 48.5 Å². The number of benzene rings is 2. The molecule has 0 spiro atoms. The van der Waals surface area contributed by atoms with Gasteiger partial charge < -0.3 is 4.90 Å². The monoisotopic (exact) mass is 360 g/mol. The van der Waals surface area contributed by atoms with Crippen LogP contribution in [0.1, 0.15) is 27.0 Å². The van der Waals surface area contributed by atoms with Crippen LogP contribution in [0.25, 0.3) is 0 Å². The van der Waals surface area contributed by atoms with Gasteiger partial charge in [0.25, 0.3) is 5.91 Å². The van der Waals surface area contributed by atoms with Crippen molar-refractivity contribution in [3.05, 3.63) is 70.8 Å². The second kappa shape index (κ2) is 6.43. The number of alkyl halides is 3. The van der Waals surface area contributed by atoms with Crippen molar-refractivity contribution in [2.75, 3.05) is 19.6 Å². The molecule has 4 rings (SSSR count). The van der Waals surface area contributed by atoms with E-state index in [1.54, 1.807) is 4.90 Å². The molecule has 0 unspecified atom stereocenters. The maximum atomic E-state index is 13.4. The minimum atomic E-state index is -4.44. The molecule has 1 amide bonds. The van der Waals surface area contributed by atoms with E-state index in [-0.39, 0.29) is 29.5 Å². The number of carbonyl (C=O) groups excluding carboxylic acids is 1. The second-order valence-electron chi connectivity index (χ2n) is 6.91. The van der Waals surface area contributed by atoms with Crippen molar-refractivity contribution in [3.63, 3.8) is 0 Å². The summed E-state index contributed by atoms with van der Waals surface area (Å²) in [4.78, 5) is 16.7. The Morgan fingerprint density at radius 2 is 1.77 bits per heavy atom. The Bertz CT molecular complexity index is 820. The summed E-state index contributed by atoms with van der Waals surface area (Å²) in [6.45, 7) is 2.61. The number of nitrogens with zero attached hydrogens (tertiary/aromatic N) is 2. The van der Waals surface area contributed by atoms with Crippen molar-refractivity contribution < 1.29 is 18.0 Å². The fourth-order valence-corrected chi connectivity index (χ4v) is 4.01. The molecule has 0 radical (unpaired) electrons. The Hall–Kier alpha value is -2.34. The molecule has 26 heavy (non-hydrogen) atoms. The van der Waals surface area contributed by atoms with Crippen molar-refractivity contribution in [2.24, 2.45) is 0 Å². The van der Waals surface area contributed by atoms with Gasteiger partial charge in [-0.1, -0.05) is 36.4 Å². The lowest BCUT2D eigenvalue weighted by atomic mass is 9.88. The summed E-state index contributed by atoms with van der Waals surface area (Å²) in [6, 6.07) is 13.7. The highest BCUT2D eigenvalue weighted by Gasteiger charge is 2.41. The molecule has 2 aliphatic rings. The van der Waals surface area contributed by atoms with Crippen LogP contribution in [0.5, 0.6) is 0 Å². The molecule has 6 heteroatoms. The topological polar surface area (TPSA) is 23.6 Å². The highest BCUT2D eigenvalue weighted by molar-refractivity contribution is 5.97. The molecule has 0 N–H and O–H groups in total. The van der Waals surface area contributed by atoms with Crippen LogP contribution in [-0.2, 0) is 19.1 Å². The zero-order chi connectivity index (χ0) is 18.3. The Balaban J connectivity index is 1.59. The molecule has 0 saturated carbocycles. The number of amides is 1. The van der Waals surface area contributed by atoms with Gasteiger partial charge >= 0.3 is 6.18 Å². The number of carbonyl (C=O) groups is 1. The van der Waals surface area contributed by atoms with Crippen LogP contribution in [0.3, 0.4) is 0 Å². The van der Waals surface area contributed by atoms with Crippen molar-refractivity contribution in [3.8, 4) is 0 Å². The average Bonchev–Trinajstić information content (AvgIpc) is 2.61. The van der Waals surface area contributed by atoms with Gasteiger partial charge in [-0.25, -0.2) is 0 Å². The van der Waals surface area contributed by atoms with E-state index in [2.05, 4.69) is 4.90 Å². The Labute approximate surface area is 150 Å². The van der Waals surface area contributed by atoms with Crippen molar-refractivity contribution in [2.45, 2.75) is 25.2 Å². The summed E-state index contributed by atoms with van der Waals surface area (Å²) >= 11 is 0. The first kappa shape index (κ1) is 17.1. The van der Waals surface area contributed by atoms with Crippen LogP contribution < -0.4 is 0 Å². The number of halogens is 3. The van der Waals surface area contributed by atoms with Crippen molar-refractivity contribution in [1.29, 1.82) is 0 Å². The van der Waals surface area contributed by atoms with E-state index in [9.17, 15) is 18.0 Å². The summed E-state index contributed by atoms with van der Waals surface area (Å²) in [7, 11) is 0. The van der Waals surface area contributed by atoms with E-state index in [0.29, 0.717) is 13.1 Å². The van der Waals surface area contributed by atoms with Gasteiger partial charge in [-0.2, -0.15) is 13.2 Å². The molecular weight excluding hydrogens is 341 g/mol. The summed E-state index contributed by atoms with van der Waals surface area (Å²) < 4.78 is 40.1. The standard InChI is InChI=1S/C20H19F3N2O/c21-20(22,23)18-8-4-7-16-17(18)11-15-13-24(9-10-25(15)19(16)26)12-14-5-2-1-3-6-14/h1-8,15H,9-13H2/t15-/m1/s1. The van der Waals surface area contributed by atoms with E-state index in [1.165, 1.54) is 17.7 Å². The van der Waals surface area contributed by atoms with Gasteiger partial charge in [-0.15, -0.1) is 0 Å². The SMILES string of the molecule is O=C1c2cccc(C(F)(F)F)c2C[C@@H]2CN(Cc3ccccc3)CCN12. The maximum Gasteiger partial charge on any atom is 0.416 e. The fraction of sp³-hybridized carbons (Fsp3) is 0.350. The number of hydrogen-bond acceptors (Lipinski definition) is 2. The smallest absolute Gasteiger partial charge is 0.333 e. The Morgan fingerprint density at radius 1 is 1.00 bits per heavy atom. The van der Waals surface area contributed by atoms with E-state index in [1.807, 2.05) is 30.3 Å². The van der Waals surface area contributed by atoms with Crippen LogP contribution in [0.2, 0.25) is 0 Å². The predicted molar refractivity (Wildman–Crippen MR) is 91.7 cm³/mol. The molecule has 0 bridgehead atoms. The third kappa shape index (κ3) is 3.09. The quantitative estimate of drug-likeness (QED) is 0.817. The largest absolute Gasteiger partial charge is 0.416 e. The molecule has 0 aromatic heterocycles. The number of fused-ring (bicyclic) bond motifs is 2. The van der Waals surface area contributed by atoms with E-state index >= 15 is 0 Å². The minimum Gasteiger partial charge on any atom is -0.333 e. The molecule has 136 valence electrons.